The van der Waals surface area contributed by atoms with E-state index in [4.69, 9.17) is 9.26 Å². The van der Waals surface area contributed by atoms with Gasteiger partial charge in [0.1, 0.15) is 5.76 Å². The van der Waals surface area contributed by atoms with Crippen LogP contribution in [0, 0.1) is 6.92 Å². The zero-order chi connectivity index (χ0) is 20.3. The van der Waals surface area contributed by atoms with Gasteiger partial charge in [-0.15, -0.1) is 11.3 Å². The van der Waals surface area contributed by atoms with E-state index in [-0.39, 0.29) is 18.4 Å². The molecular weight excluding hydrogens is 404 g/mol. The van der Waals surface area contributed by atoms with E-state index in [9.17, 15) is 13.2 Å². The minimum atomic E-state index is -3.32. The Kier molecular flexibility index (Phi) is 5.66. The van der Waals surface area contributed by atoms with Gasteiger partial charge in [-0.1, -0.05) is 12.1 Å². The number of rotatable bonds is 7. The minimum absolute atomic E-state index is 0.215. The van der Waals surface area contributed by atoms with Crippen LogP contribution in [0.4, 0.5) is 10.8 Å². The summed E-state index contributed by atoms with van der Waals surface area (Å²) in [5, 5.41) is 8.52. The smallest absolute Gasteiger partial charge is 0.264 e. The summed E-state index contributed by atoms with van der Waals surface area (Å²) in [4.78, 5) is 16.3. The van der Waals surface area contributed by atoms with Gasteiger partial charge in [-0.05, 0) is 24.2 Å². The van der Waals surface area contributed by atoms with Crippen LogP contribution in [0.2, 0.25) is 0 Å². The number of nitrogens with one attached hydrogen (secondary N) is 1. The third-order valence-electron chi connectivity index (χ3n) is 3.73. The molecule has 1 aromatic carbocycles. The fourth-order valence-electron chi connectivity index (χ4n) is 2.20. The predicted octanol–water partition coefficient (Wildman–Crippen LogP) is 2.52. The van der Waals surface area contributed by atoms with Crippen LogP contribution in [0.25, 0.3) is 11.3 Å². The van der Waals surface area contributed by atoms with Crippen molar-refractivity contribution in [3.8, 4) is 17.1 Å². The number of hydrogen-bond donors (Lipinski definition) is 1. The topological polar surface area (TPSA) is 115 Å². The van der Waals surface area contributed by atoms with Crippen molar-refractivity contribution in [2.75, 3.05) is 29.5 Å². The quantitative estimate of drug-likeness (QED) is 0.622. The Morgan fingerprint density at radius 1 is 1.32 bits per heavy atom. The molecule has 28 heavy (non-hydrogen) atoms. The number of sulfonamides is 1. The number of nitrogens with zero attached hydrogens (tertiary/aromatic N) is 3. The SMILES string of the molecule is Cc1cc(OCC(=O)Nc2nc(-c3ccc(N(C)S(C)(=O)=O)cc3)cs2)no1. The van der Waals surface area contributed by atoms with E-state index in [0.29, 0.717) is 22.3 Å². The highest BCUT2D eigenvalue weighted by Gasteiger charge is 2.13. The summed E-state index contributed by atoms with van der Waals surface area (Å²) in [6.07, 6.45) is 1.14. The van der Waals surface area contributed by atoms with Gasteiger partial charge in [0, 0.05) is 24.1 Å². The van der Waals surface area contributed by atoms with Crippen LogP contribution in [0.5, 0.6) is 5.88 Å². The number of anilines is 2. The van der Waals surface area contributed by atoms with Crippen LogP contribution >= 0.6 is 11.3 Å². The van der Waals surface area contributed by atoms with Gasteiger partial charge < -0.3 is 9.26 Å². The Morgan fingerprint density at radius 3 is 2.64 bits per heavy atom. The molecule has 148 valence electrons. The minimum Gasteiger partial charge on any atom is -0.465 e. The first-order chi connectivity index (χ1) is 13.2. The molecule has 0 aliphatic heterocycles. The summed E-state index contributed by atoms with van der Waals surface area (Å²) in [5.41, 5.74) is 2.02. The molecule has 0 aliphatic carbocycles. The summed E-state index contributed by atoms with van der Waals surface area (Å²) in [5.74, 6) is 0.465. The zero-order valence-electron chi connectivity index (χ0n) is 15.4. The average Bonchev–Trinajstić information content (AvgIpc) is 3.28. The molecule has 3 aromatic rings. The first kappa shape index (κ1) is 19.8. The van der Waals surface area contributed by atoms with Crippen LogP contribution in [-0.2, 0) is 14.8 Å². The highest BCUT2D eigenvalue weighted by Crippen LogP contribution is 2.27. The Morgan fingerprint density at radius 2 is 2.04 bits per heavy atom. The Balaban J connectivity index is 1.61. The highest BCUT2D eigenvalue weighted by atomic mass is 32.2. The molecule has 0 fully saturated rings. The second-order valence-electron chi connectivity index (χ2n) is 5.93. The van der Waals surface area contributed by atoms with Gasteiger partial charge in [-0.3, -0.25) is 14.4 Å². The highest BCUT2D eigenvalue weighted by molar-refractivity contribution is 7.92. The van der Waals surface area contributed by atoms with Gasteiger partial charge in [0.05, 0.1) is 17.6 Å². The van der Waals surface area contributed by atoms with E-state index in [0.717, 1.165) is 11.8 Å². The van der Waals surface area contributed by atoms with Gasteiger partial charge in [0.2, 0.25) is 10.0 Å². The Bertz CT molecular complexity index is 1070. The maximum Gasteiger partial charge on any atom is 0.264 e. The van der Waals surface area contributed by atoms with E-state index < -0.39 is 10.0 Å². The monoisotopic (exact) mass is 422 g/mol. The number of aromatic nitrogens is 2. The molecule has 0 radical (unpaired) electrons. The fourth-order valence-corrected chi connectivity index (χ4v) is 3.44. The van der Waals surface area contributed by atoms with Crippen molar-refractivity contribution in [3.05, 3.63) is 41.5 Å². The molecular formula is C17H18N4O5S2. The molecule has 0 spiro atoms. The zero-order valence-corrected chi connectivity index (χ0v) is 17.0. The summed E-state index contributed by atoms with van der Waals surface area (Å²) < 4.78 is 34.5. The number of aryl methyl sites for hydroxylation is 1. The van der Waals surface area contributed by atoms with Crippen molar-refractivity contribution in [3.63, 3.8) is 0 Å². The molecule has 3 rings (SSSR count). The third-order valence-corrected chi connectivity index (χ3v) is 5.70. The number of carbonyl (C=O) groups is 1. The van der Waals surface area contributed by atoms with Gasteiger partial charge in [-0.2, -0.15) is 0 Å². The largest absolute Gasteiger partial charge is 0.465 e. The molecule has 0 unspecified atom stereocenters. The van der Waals surface area contributed by atoms with Crippen LogP contribution in [0.15, 0.2) is 40.2 Å². The van der Waals surface area contributed by atoms with Gasteiger partial charge in [0.15, 0.2) is 11.7 Å². The summed E-state index contributed by atoms with van der Waals surface area (Å²) in [6, 6.07) is 8.52. The number of ether oxygens (including phenoxy) is 1. The van der Waals surface area contributed by atoms with E-state index in [2.05, 4.69) is 15.5 Å². The number of benzene rings is 1. The van der Waals surface area contributed by atoms with Crippen molar-refractivity contribution in [2.24, 2.45) is 0 Å². The first-order valence-corrected chi connectivity index (χ1v) is 10.8. The summed E-state index contributed by atoms with van der Waals surface area (Å²) >= 11 is 1.27. The lowest BCUT2D eigenvalue weighted by atomic mass is 10.1. The molecule has 0 saturated carbocycles. The van der Waals surface area contributed by atoms with Gasteiger partial charge in [-0.25, -0.2) is 13.4 Å². The maximum absolute atomic E-state index is 12.0. The number of carbonyl (C=O) groups excluding carboxylic acids is 1. The van der Waals surface area contributed by atoms with Crippen molar-refractivity contribution in [1.29, 1.82) is 0 Å². The number of amides is 1. The van der Waals surface area contributed by atoms with Crippen LogP contribution in [0.1, 0.15) is 5.76 Å². The molecule has 9 nitrogen and oxygen atoms in total. The molecule has 2 aromatic heterocycles. The molecule has 0 bridgehead atoms. The predicted molar refractivity (Wildman–Crippen MR) is 106 cm³/mol. The molecule has 2 heterocycles. The van der Waals surface area contributed by atoms with Gasteiger partial charge >= 0.3 is 0 Å². The van der Waals surface area contributed by atoms with Crippen molar-refractivity contribution in [2.45, 2.75) is 6.92 Å². The molecule has 11 heteroatoms. The fraction of sp³-hybridized carbons (Fsp3) is 0.235. The average molecular weight is 422 g/mol. The van der Waals surface area contributed by atoms with E-state index >= 15 is 0 Å². The molecule has 1 N–H and O–H groups in total. The second kappa shape index (κ2) is 7.98. The van der Waals surface area contributed by atoms with Crippen molar-refractivity contribution in [1.82, 2.24) is 10.1 Å². The summed E-state index contributed by atoms with van der Waals surface area (Å²) in [6.45, 7) is 1.51. The van der Waals surface area contributed by atoms with Crippen LogP contribution in [-0.4, -0.2) is 44.4 Å². The Labute approximate surface area is 166 Å². The van der Waals surface area contributed by atoms with Gasteiger partial charge in [0.25, 0.3) is 11.8 Å². The van der Waals surface area contributed by atoms with Crippen LogP contribution < -0.4 is 14.4 Å². The maximum atomic E-state index is 12.0. The molecule has 0 atom stereocenters. The van der Waals surface area contributed by atoms with Crippen molar-refractivity contribution < 1.29 is 22.5 Å². The number of hydrogen-bond acceptors (Lipinski definition) is 8. The lowest BCUT2D eigenvalue weighted by Gasteiger charge is -2.16. The standard InChI is InChI=1S/C17H18N4O5S2/c1-11-8-16(20-26-11)25-9-15(22)19-17-18-14(10-27-17)12-4-6-13(7-5-12)21(2)28(3,23)24/h4-8,10H,9H2,1-3H3,(H,18,19,22). The lowest BCUT2D eigenvalue weighted by molar-refractivity contribution is -0.118. The lowest BCUT2D eigenvalue weighted by Crippen LogP contribution is -2.24. The normalized spacial score (nSPS) is 11.2. The summed E-state index contributed by atoms with van der Waals surface area (Å²) in [7, 11) is -1.83. The van der Waals surface area contributed by atoms with E-state index in [1.54, 1.807) is 42.6 Å². The molecule has 0 aliphatic rings. The first-order valence-electron chi connectivity index (χ1n) is 8.08. The molecule has 0 saturated heterocycles. The third kappa shape index (κ3) is 4.87. The molecule has 1 amide bonds. The number of thiazole rings is 1. The van der Waals surface area contributed by atoms with E-state index in [1.165, 1.54) is 22.7 Å². The second-order valence-corrected chi connectivity index (χ2v) is 8.80. The van der Waals surface area contributed by atoms with E-state index in [1.807, 2.05) is 0 Å². The van der Waals surface area contributed by atoms with Crippen molar-refractivity contribution >= 4 is 38.1 Å². The Hall–Kier alpha value is -2.92. The van der Waals surface area contributed by atoms with Crippen LogP contribution in [0.3, 0.4) is 0 Å².